The van der Waals surface area contributed by atoms with E-state index >= 15 is 0 Å². The van der Waals surface area contributed by atoms with Gasteiger partial charge in [0, 0.05) is 58.0 Å². The number of aromatic nitrogens is 2. The van der Waals surface area contributed by atoms with Crippen LogP contribution in [-0.2, 0) is 42.1 Å². The fourth-order valence-corrected chi connectivity index (χ4v) is 7.63. The predicted molar refractivity (Wildman–Crippen MR) is 192 cm³/mol. The maximum atomic E-state index is 14.5. The number of rotatable bonds is 16. The van der Waals surface area contributed by atoms with Crippen LogP contribution in [0.1, 0.15) is 44.6 Å². The second-order valence-electron chi connectivity index (χ2n) is 12.3. The maximum Gasteiger partial charge on any atom is 0.510 e. The van der Waals surface area contributed by atoms with Gasteiger partial charge in [-0.15, -0.1) is 0 Å². The Balaban J connectivity index is 1.70. The second-order valence-corrected chi connectivity index (χ2v) is 14.3. The molecule has 2 unspecified atom stereocenters. The minimum Gasteiger partial charge on any atom is -0.465 e. The van der Waals surface area contributed by atoms with E-state index in [0.29, 0.717) is 24.5 Å². The minimum absolute atomic E-state index is 0.0325. The number of ether oxygens (including phenoxy) is 5. The summed E-state index contributed by atoms with van der Waals surface area (Å²) >= 11 is 0. The first kappa shape index (κ1) is 42.7. The van der Waals surface area contributed by atoms with Gasteiger partial charge in [0.25, 0.3) is 5.91 Å². The Morgan fingerprint density at radius 3 is 2.00 bits per heavy atom. The molecule has 302 valence electrons. The van der Waals surface area contributed by atoms with E-state index in [4.69, 9.17) is 37.7 Å². The van der Waals surface area contributed by atoms with Crippen molar-refractivity contribution in [2.45, 2.75) is 58.8 Å². The topological polar surface area (TPSA) is 235 Å². The molecule has 2 fully saturated rings. The van der Waals surface area contributed by atoms with Gasteiger partial charge < -0.3 is 48.8 Å². The highest BCUT2D eigenvalue weighted by atomic mass is 31.2. The second kappa shape index (κ2) is 20.0. The quantitative estimate of drug-likeness (QED) is 0.140. The van der Waals surface area contributed by atoms with E-state index in [-0.39, 0.29) is 57.0 Å². The number of carboxylic acid groups (broad SMARTS) is 1. The zero-order chi connectivity index (χ0) is 40.1. The standard InChI is InChI=1S/C34H47N6O14P/c1-6-49-33(45)51-22(3)53-55(47,54-23(4)52-34(46)50-7-2)21-27(31(42)38-15-17-39(18-16-38)32(43)44)36-30(41)26-19-28(40-14-13-25(20-40)48-5)37-29(35-26)24-11-9-8-10-12-24/h8-12,19,22-23,25,27H,6-7,13-18,20-21H2,1-5H3,(H,36,41)(H,43,44)/t22?,23?,25-,27-,55?/m0/s1. The highest BCUT2D eigenvalue weighted by molar-refractivity contribution is 7.54. The molecule has 21 heteroatoms. The number of hydrogen-bond donors (Lipinski definition) is 2. The maximum absolute atomic E-state index is 14.5. The number of anilines is 1. The number of hydrogen-bond acceptors (Lipinski definition) is 16. The van der Waals surface area contributed by atoms with Gasteiger partial charge in [0.1, 0.15) is 17.6 Å². The van der Waals surface area contributed by atoms with Crippen molar-refractivity contribution in [1.29, 1.82) is 0 Å². The van der Waals surface area contributed by atoms with Crippen LogP contribution in [0.2, 0.25) is 0 Å². The fourth-order valence-electron chi connectivity index (χ4n) is 5.72. The van der Waals surface area contributed by atoms with E-state index in [1.165, 1.54) is 38.7 Å². The number of amides is 3. The summed E-state index contributed by atoms with van der Waals surface area (Å²) in [5.41, 5.74) is 0.482. The van der Waals surface area contributed by atoms with E-state index in [1.54, 1.807) is 31.4 Å². The lowest BCUT2D eigenvalue weighted by atomic mass is 10.2. The lowest BCUT2D eigenvalue weighted by Gasteiger charge is -2.36. The van der Waals surface area contributed by atoms with E-state index in [2.05, 4.69) is 10.3 Å². The van der Waals surface area contributed by atoms with Crippen molar-refractivity contribution in [2.24, 2.45) is 0 Å². The van der Waals surface area contributed by atoms with E-state index < -0.39 is 62.6 Å². The Hall–Kier alpha value is -5.04. The third kappa shape index (κ3) is 12.5. The molecule has 2 saturated heterocycles. The lowest BCUT2D eigenvalue weighted by Crippen LogP contribution is -2.56. The van der Waals surface area contributed by atoms with Crippen molar-refractivity contribution < 1.29 is 66.4 Å². The Morgan fingerprint density at radius 2 is 1.47 bits per heavy atom. The first-order valence-corrected chi connectivity index (χ1v) is 19.4. The molecule has 2 N–H and O–H groups in total. The van der Waals surface area contributed by atoms with Crippen molar-refractivity contribution in [1.82, 2.24) is 25.1 Å². The molecule has 0 spiro atoms. The van der Waals surface area contributed by atoms with Gasteiger partial charge >= 0.3 is 26.0 Å². The summed E-state index contributed by atoms with van der Waals surface area (Å²) in [4.78, 5) is 77.6. The molecule has 0 saturated carbocycles. The molecular weight excluding hydrogens is 747 g/mol. The largest absolute Gasteiger partial charge is 0.510 e. The van der Waals surface area contributed by atoms with Crippen LogP contribution in [0.3, 0.4) is 0 Å². The average Bonchev–Trinajstić information content (AvgIpc) is 3.64. The zero-order valence-corrected chi connectivity index (χ0v) is 32.2. The number of piperazine rings is 1. The van der Waals surface area contributed by atoms with Gasteiger partial charge in [-0.3, -0.25) is 23.2 Å². The average molecular weight is 795 g/mol. The number of carbonyl (C=O) groups excluding carboxylic acids is 4. The van der Waals surface area contributed by atoms with E-state index in [9.17, 15) is 33.6 Å². The molecule has 3 amide bonds. The Labute approximate surface area is 317 Å². The molecule has 0 bridgehead atoms. The monoisotopic (exact) mass is 794 g/mol. The summed E-state index contributed by atoms with van der Waals surface area (Å²) < 4.78 is 50.8. The summed E-state index contributed by atoms with van der Waals surface area (Å²) in [7, 11) is -3.09. The third-order valence-corrected chi connectivity index (χ3v) is 10.4. The van der Waals surface area contributed by atoms with Gasteiger partial charge in [0.2, 0.25) is 18.5 Å². The van der Waals surface area contributed by atoms with E-state index in [1.807, 2.05) is 11.0 Å². The fraction of sp³-hybridized carbons (Fsp3) is 0.559. The van der Waals surface area contributed by atoms with E-state index in [0.717, 1.165) is 11.3 Å². The van der Waals surface area contributed by atoms with Crippen molar-refractivity contribution in [2.75, 3.05) is 70.7 Å². The SMILES string of the molecule is CCOC(=O)OC(C)OP(=O)(C[C@H](NC(=O)c1cc(N2CC[C@H](OC)C2)nc(-c2ccccc2)n1)C(=O)N1CCN(C(=O)O)CC1)OC(C)OC(=O)OCC. The minimum atomic E-state index is -4.70. The molecule has 0 radical (unpaired) electrons. The van der Waals surface area contributed by atoms with Crippen LogP contribution in [0, 0.1) is 0 Å². The number of nitrogens with one attached hydrogen (secondary N) is 1. The smallest absolute Gasteiger partial charge is 0.465 e. The van der Waals surface area contributed by atoms with Gasteiger partial charge in [0.05, 0.1) is 25.5 Å². The summed E-state index contributed by atoms with van der Waals surface area (Å²) in [6.45, 7) is 6.34. The highest BCUT2D eigenvalue weighted by Gasteiger charge is 2.41. The molecule has 0 aliphatic carbocycles. The van der Waals surface area contributed by atoms with Crippen LogP contribution in [0.4, 0.5) is 20.2 Å². The molecule has 2 aromatic rings. The first-order valence-electron chi connectivity index (χ1n) is 17.7. The van der Waals surface area contributed by atoms with Crippen molar-refractivity contribution in [3.8, 4) is 11.4 Å². The van der Waals surface area contributed by atoms with Crippen molar-refractivity contribution in [3.63, 3.8) is 0 Å². The summed E-state index contributed by atoms with van der Waals surface area (Å²) in [6, 6.07) is 8.74. The van der Waals surface area contributed by atoms with Crippen LogP contribution in [0.15, 0.2) is 36.4 Å². The van der Waals surface area contributed by atoms with Gasteiger partial charge in [-0.2, -0.15) is 0 Å². The van der Waals surface area contributed by atoms with Crippen LogP contribution in [0.25, 0.3) is 11.4 Å². The molecule has 4 rings (SSSR count). The van der Waals surface area contributed by atoms with Gasteiger partial charge in [-0.05, 0) is 34.1 Å². The normalized spacial score (nSPS) is 18.3. The predicted octanol–water partition coefficient (Wildman–Crippen LogP) is 3.55. The number of methoxy groups -OCH3 is 1. The molecule has 20 nitrogen and oxygen atoms in total. The molecule has 3 heterocycles. The Bertz CT molecular complexity index is 1660. The Morgan fingerprint density at radius 1 is 0.891 bits per heavy atom. The number of nitrogens with zero attached hydrogens (tertiary/aromatic N) is 5. The molecular formula is C34H47N6O14P. The summed E-state index contributed by atoms with van der Waals surface area (Å²) in [6.07, 6.45) is -6.85. The summed E-state index contributed by atoms with van der Waals surface area (Å²) in [5.74, 6) is -0.963. The third-order valence-electron chi connectivity index (χ3n) is 8.32. The molecule has 4 atom stereocenters. The first-order chi connectivity index (χ1) is 26.2. The molecule has 1 aromatic heterocycles. The van der Waals surface area contributed by atoms with Gasteiger partial charge in [-0.1, -0.05) is 30.3 Å². The molecule has 1 aromatic carbocycles. The van der Waals surface area contributed by atoms with Crippen LogP contribution >= 0.6 is 7.60 Å². The van der Waals surface area contributed by atoms with Gasteiger partial charge in [0.15, 0.2) is 5.82 Å². The van der Waals surface area contributed by atoms with Crippen molar-refractivity contribution >= 4 is 43.6 Å². The zero-order valence-electron chi connectivity index (χ0n) is 31.3. The highest BCUT2D eigenvalue weighted by Crippen LogP contribution is 2.51. The molecule has 2 aliphatic rings. The van der Waals surface area contributed by atoms with Crippen molar-refractivity contribution in [3.05, 3.63) is 42.1 Å². The number of carbonyl (C=O) groups is 5. The van der Waals surface area contributed by atoms with Crippen LogP contribution in [0.5, 0.6) is 0 Å². The van der Waals surface area contributed by atoms with Crippen LogP contribution in [-0.4, -0.2) is 146 Å². The molecule has 2 aliphatic heterocycles. The number of benzene rings is 1. The lowest BCUT2D eigenvalue weighted by molar-refractivity contribution is -0.134. The Kier molecular flexibility index (Phi) is 15.6. The van der Waals surface area contributed by atoms with Gasteiger partial charge in [-0.25, -0.2) is 24.4 Å². The van der Waals surface area contributed by atoms with Crippen LogP contribution < -0.4 is 10.2 Å². The molecule has 55 heavy (non-hydrogen) atoms. The summed E-state index contributed by atoms with van der Waals surface area (Å²) in [5, 5.41) is 12.1.